The topological polar surface area (TPSA) is 23.6 Å². The molecule has 3 nitrogen and oxygen atoms in total. The van der Waals surface area contributed by atoms with Crippen molar-refractivity contribution in [3.8, 4) is 0 Å². The maximum atomic E-state index is 12.3. The molecule has 3 rings (SSSR count). The Hall–Kier alpha value is -1.65. The van der Waals surface area contributed by atoms with E-state index in [1.807, 2.05) is 72.4 Å². The van der Waals surface area contributed by atoms with E-state index in [9.17, 15) is 4.79 Å². The molecule has 0 bridgehead atoms. The summed E-state index contributed by atoms with van der Waals surface area (Å²) in [6.45, 7) is 0.614. The van der Waals surface area contributed by atoms with E-state index in [0.717, 1.165) is 16.8 Å². The average Bonchev–Trinajstić information content (AvgIpc) is 2.89. The van der Waals surface area contributed by atoms with E-state index < -0.39 is 0 Å². The summed E-state index contributed by atoms with van der Waals surface area (Å²) < 4.78 is 0. The molecule has 0 aliphatic carbocycles. The zero-order valence-corrected chi connectivity index (χ0v) is 14.8. The Morgan fingerprint density at radius 1 is 1.22 bits per heavy atom. The first-order valence-electron chi connectivity index (χ1n) is 7.48. The van der Waals surface area contributed by atoms with Gasteiger partial charge >= 0.3 is 0 Å². The number of anilines is 1. The summed E-state index contributed by atoms with van der Waals surface area (Å²) in [7, 11) is 3.97. The quantitative estimate of drug-likeness (QED) is 0.829. The minimum atomic E-state index is -0.0218. The van der Waals surface area contributed by atoms with Gasteiger partial charge in [-0.1, -0.05) is 48.0 Å². The molecule has 2 aromatic carbocycles. The monoisotopic (exact) mass is 346 g/mol. The van der Waals surface area contributed by atoms with E-state index in [0.29, 0.717) is 17.3 Å². The van der Waals surface area contributed by atoms with Crippen LogP contribution in [0.25, 0.3) is 0 Å². The minimum Gasteiger partial charge on any atom is -0.378 e. The zero-order chi connectivity index (χ0) is 16.4. The Bertz CT molecular complexity index is 705. The van der Waals surface area contributed by atoms with Crippen molar-refractivity contribution in [1.29, 1.82) is 0 Å². The van der Waals surface area contributed by atoms with Gasteiger partial charge in [-0.05, 0) is 17.7 Å². The van der Waals surface area contributed by atoms with Gasteiger partial charge in [0.1, 0.15) is 5.37 Å². The molecule has 0 spiro atoms. The van der Waals surface area contributed by atoms with Crippen molar-refractivity contribution in [3.63, 3.8) is 0 Å². The minimum absolute atomic E-state index is 0.0218. The molecule has 0 N–H and O–H groups in total. The maximum absolute atomic E-state index is 12.3. The van der Waals surface area contributed by atoms with Gasteiger partial charge in [0.2, 0.25) is 5.91 Å². The molecule has 1 aliphatic rings. The number of hydrogen-bond donors (Lipinski definition) is 0. The standard InChI is InChI=1S/C18H19ClN2OS/c1-20(2)14-8-9-15(16(19)10-14)18-21(17(22)12-23-18)11-13-6-4-3-5-7-13/h3-10,18H,11-12H2,1-2H3. The fourth-order valence-electron chi connectivity index (χ4n) is 2.66. The highest BCUT2D eigenvalue weighted by Gasteiger charge is 2.34. The number of carbonyl (C=O) groups is 1. The summed E-state index contributed by atoms with van der Waals surface area (Å²) in [4.78, 5) is 16.2. The molecule has 120 valence electrons. The molecular formula is C18H19ClN2OS. The van der Waals surface area contributed by atoms with Crippen molar-refractivity contribution in [3.05, 3.63) is 64.7 Å². The summed E-state index contributed by atoms with van der Waals surface area (Å²) in [6.07, 6.45) is 0. The van der Waals surface area contributed by atoms with Gasteiger partial charge in [0.05, 0.1) is 5.75 Å². The summed E-state index contributed by atoms with van der Waals surface area (Å²) >= 11 is 8.13. The summed E-state index contributed by atoms with van der Waals surface area (Å²) in [5.74, 6) is 0.667. The van der Waals surface area contributed by atoms with Gasteiger partial charge in [0.15, 0.2) is 0 Å². The molecule has 2 aromatic rings. The highest BCUT2D eigenvalue weighted by Crippen LogP contribution is 2.43. The molecular weight excluding hydrogens is 328 g/mol. The van der Waals surface area contributed by atoms with Crippen LogP contribution >= 0.6 is 23.4 Å². The predicted octanol–water partition coefficient (Wildman–Crippen LogP) is 4.18. The SMILES string of the molecule is CN(C)c1ccc(C2SCC(=O)N2Cc2ccccc2)c(Cl)c1. The maximum Gasteiger partial charge on any atom is 0.234 e. The number of hydrogen-bond acceptors (Lipinski definition) is 3. The fraction of sp³-hybridized carbons (Fsp3) is 0.278. The summed E-state index contributed by atoms with van der Waals surface area (Å²) in [6, 6.07) is 16.1. The van der Waals surface area contributed by atoms with Crippen LogP contribution in [0.1, 0.15) is 16.5 Å². The molecule has 23 heavy (non-hydrogen) atoms. The number of thioether (sulfide) groups is 1. The average molecular weight is 347 g/mol. The first-order valence-corrected chi connectivity index (χ1v) is 8.90. The Morgan fingerprint density at radius 2 is 1.96 bits per heavy atom. The molecule has 1 amide bonds. The summed E-state index contributed by atoms with van der Waals surface area (Å²) in [5, 5.41) is 0.688. The number of carbonyl (C=O) groups excluding carboxylic acids is 1. The lowest BCUT2D eigenvalue weighted by molar-refractivity contribution is -0.128. The van der Waals surface area contributed by atoms with Crippen LogP contribution in [0.2, 0.25) is 5.02 Å². The predicted molar refractivity (Wildman–Crippen MR) is 98.0 cm³/mol. The Morgan fingerprint density at radius 3 is 2.61 bits per heavy atom. The lowest BCUT2D eigenvalue weighted by atomic mass is 10.1. The van der Waals surface area contributed by atoms with E-state index in [4.69, 9.17) is 11.6 Å². The van der Waals surface area contributed by atoms with Crippen molar-refractivity contribution in [2.24, 2.45) is 0 Å². The van der Waals surface area contributed by atoms with Crippen molar-refractivity contribution in [2.45, 2.75) is 11.9 Å². The van der Waals surface area contributed by atoms with Crippen LogP contribution in [0.3, 0.4) is 0 Å². The molecule has 0 saturated carbocycles. The third kappa shape index (κ3) is 3.48. The largest absolute Gasteiger partial charge is 0.378 e. The molecule has 5 heteroatoms. The van der Waals surface area contributed by atoms with Crippen LogP contribution in [0.5, 0.6) is 0 Å². The highest BCUT2D eigenvalue weighted by atomic mass is 35.5. The molecule has 0 aromatic heterocycles. The molecule has 1 aliphatic heterocycles. The molecule has 1 heterocycles. The molecule has 1 unspecified atom stereocenters. The van der Waals surface area contributed by atoms with Gasteiger partial charge < -0.3 is 9.80 Å². The van der Waals surface area contributed by atoms with E-state index in [1.165, 1.54) is 0 Å². The van der Waals surface area contributed by atoms with Gasteiger partial charge in [-0.3, -0.25) is 4.79 Å². The molecule has 1 atom stereocenters. The first-order chi connectivity index (χ1) is 11.1. The van der Waals surface area contributed by atoms with Gasteiger partial charge in [0.25, 0.3) is 0 Å². The Balaban J connectivity index is 1.87. The van der Waals surface area contributed by atoms with Crippen molar-refractivity contribution >= 4 is 35.0 Å². The van der Waals surface area contributed by atoms with Crippen LogP contribution in [-0.2, 0) is 11.3 Å². The number of halogens is 1. The number of amides is 1. The van der Waals surface area contributed by atoms with Crippen molar-refractivity contribution in [1.82, 2.24) is 4.90 Å². The van der Waals surface area contributed by atoms with Crippen LogP contribution in [0.4, 0.5) is 5.69 Å². The van der Waals surface area contributed by atoms with Crippen LogP contribution in [-0.4, -0.2) is 30.7 Å². The van der Waals surface area contributed by atoms with Gasteiger partial charge in [-0.2, -0.15) is 0 Å². The second-order valence-corrected chi connectivity index (χ2v) is 7.25. The van der Waals surface area contributed by atoms with Crippen LogP contribution in [0.15, 0.2) is 48.5 Å². The lowest BCUT2D eigenvalue weighted by Gasteiger charge is -2.26. The number of rotatable bonds is 4. The lowest BCUT2D eigenvalue weighted by Crippen LogP contribution is -2.27. The Labute approximate surface area is 146 Å². The smallest absolute Gasteiger partial charge is 0.234 e. The van der Waals surface area contributed by atoms with Crippen LogP contribution < -0.4 is 4.90 Å². The summed E-state index contributed by atoms with van der Waals surface area (Å²) in [5.41, 5.74) is 3.20. The number of benzene rings is 2. The van der Waals surface area contributed by atoms with E-state index in [1.54, 1.807) is 11.8 Å². The molecule has 0 radical (unpaired) electrons. The number of nitrogens with zero attached hydrogens (tertiary/aromatic N) is 2. The second kappa shape index (κ2) is 6.85. The third-order valence-corrected chi connectivity index (χ3v) is 5.50. The van der Waals surface area contributed by atoms with E-state index in [2.05, 4.69) is 0 Å². The van der Waals surface area contributed by atoms with Crippen molar-refractivity contribution < 1.29 is 4.79 Å². The van der Waals surface area contributed by atoms with Gasteiger partial charge in [0, 0.05) is 36.9 Å². The van der Waals surface area contributed by atoms with Crippen molar-refractivity contribution in [2.75, 3.05) is 24.7 Å². The van der Waals surface area contributed by atoms with Gasteiger partial charge in [-0.15, -0.1) is 11.8 Å². The third-order valence-electron chi connectivity index (χ3n) is 3.93. The van der Waals surface area contributed by atoms with E-state index in [-0.39, 0.29) is 11.3 Å². The highest BCUT2D eigenvalue weighted by molar-refractivity contribution is 8.00. The second-order valence-electron chi connectivity index (χ2n) is 5.77. The molecule has 1 fully saturated rings. The van der Waals surface area contributed by atoms with Crippen LogP contribution in [0, 0.1) is 0 Å². The zero-order valence-electron chi connectivity index (χ0n) is 13.2. The first kappa shape index (κ1) is 16.2. The fourth-order valence-corrected chi connectivity index (χ4v) is 4.22. The van der Waals surface area contributed by atoms with Gasteiger partial charge in [-0.25, -0.2) is 0 Å². The normalized spacial score (nSPS) is 17.6. The van der Waals surface area contributed by atoms with E-state index >= 15 is 0 Å². The Kier molecular flexibility index (Phi) is 4.83. The molecule has 1 saturated heterocycles.